The minimum Gasteiger partial charge on any atom is -0.336 e. The lowest BCUT2D eigenvalue weighted by Gasteiger charge is -2.23. The Bertz CT molecular complexity index is 876. The van der Waals surface area contributed by atoms with E-state index in [9.17, 15) is 14.9 Å². The third-order valence-electron chi connectivity index (χ3n) is 4.32. The molecule has 1 fully saturated rings. The second kappa shape index (κ2) is 5.51. The predicted molar refractivity (Wildman–Crippen MR) is 85.6 cm³/mol. The van der Waals surface area contributed by atoms with Crippen molar-refractivity contribution in [3.05, 3.63) is 40.4 Å². The van der Waals surface area contributed by atoms with Gasteiger partial charge in [0.15, 0.2) is 0 Å². The van der Waals surface area contributed by atoms with Gasteiger partial charge in [-0.05, 0) is 44.7 Å². The lowest BCUT2D eigenvalue weighted by atomic mass is 9.98. The highest BCUT2D eigenvalue weighted by molar-refractivity contribution is 5.80. The summed E-state index contributed by atoms with van der Waals surface area (Å²) < 4.78 is 1.28. The summed E-state index contributed by atoms with van der Waals surface area (Å²) in [6.07, 6.45) is 3.27. The first-order valence-electron chi connectivity index (χ1n) is 7.61. The Kier molecular flexibility index (Phi) is 3.64. The van der Waals surface area contributed by atoms with Gasteiger partial charge in [-0.25, -0.2) is 4.98 Å². The van der Waals surface area contributed by atoms with Gasteiger partial charge in [0.2, 0.25) is 5.91 Å². The number of carbonyl (C=O) groups excluding carboxylic acids is 1. The molecule has 1 atom stereocenters. The van der Waals surface area contributed by atoms with Crippen molar-refractivity contribution in [3.8, 4) is 6.07 Å². The van der Waals surface area contributed by atoms with Crippen molar-refractivity contribution in [2.24, 2.45) is 5.92 Å². The molecule has 1 aliphatic rings. The van der Waals surface area contributed by atoms with Crippen LogP contribution in [-0.2, 0) is 11.3 Å². The molecule has 1 aromatic carbocycles. The van der Waals surface area contributed by atoms with Gasteiger partial charge in [0.05, 0.1) is 23.3 Å². The number of aromatic nitrogens is 2. The van der Waals surface area contributed by atoms with Crippen LogP contribution in [0.25, 0.3) is 10.9 Å². The Labute approximate surface area is 133 Å². The maximum absolute atomic E-state index is 12.5. The predicted octanol–water partition coefficient (Wildman–Crippen LogP) is 1.51. The van der Waals surface area contributed by atoms with Crippen molar-refractivity contribution < 1.29 is 4.79 Å². The fraction of sp³-hybridized carbons (Fsp3) is 0.412. The third kappa shape index (κ3) is 2.95. The zero-order chi connectivity index (χ0) is 16.6. The Morgan fingerprint density at radius 3 is 2.91 bits per heavy atom. The number of nitriles is 1. The van der Waals surface area contributed by atoms with Gasteiger partial charge in [-0.2, -0.15) is 5.26 Å². The first kappa shape index (κ1) is 15.2. The molecule has 0 bridgehead atoms. The van der Waals surface area contributed by atoms with Gasteiger partial charge in [-0.3, -0.25) is 14.2 Å². The number of nitrogens with one attached hydrogen (secondary N) is 1. The van der Waals surface area contributed by atoms with Gasteiger partial charge < -0.3 is 5.32 Å². The Hall–Kier alpha value is -2.68. The van der Waals surface area contributed by atoms with Gasteiger partial charge >= 0.3 is 0 Å². The van der Waals surface area contributed by atoms with Gasteiger partial charge in [0, 0.05) is 0 Å². The van der Waals surface area contributed by atoms with Crippen molar-refractivity contribution in [2.45, 2.75) is 38.8 Å². The number of rotatable bonds is 4. The normalized spacial score (nSPS) is 16.6. The number of fused-ring (bicyclic) bond motifs is 1. The zero-order valence-corrected chi connectivity index (χ0v) is 13.2. The molecule has 1 amide bonds. The van der Waals surface area contributed by atoms with E-state index >= 15 is 0 Å². The monoisotopic (exact) mass is 310 g/mol. The highest BCUT2D eigenvalue weighted by atomic mass is 16.2. The van der Waals surface area contributed by atoms with Crippen LogP contribution in [0.3, 0.4) is 0 Å². The minimum atomic E-state index is -0.860. The number of aryl methyl sites for hydroxylation is 1. The van der Waals surface area contributed by atoms with E-state index in [2.05, 4.69) is 16.4 Å². The molecule has 1 aromatic heterocycles. The summed E-state index contributed by atoms with van der Waals surface area (Å²) in [5, 5.41) is 12.5. The summed E-state index contributed by atoms with van der Waals surface area (Å²) in [4.78, 5) is 28.9. The van der Waals surface area contributed by atoms with E-state index < -0.39 is 5.54 Å². The third-order valence-corrected chi connectivity index (χ3v) is 4.32. The Balaban J connectivity index is 1.84. The summed E-state index contributed by atoms with van der Waals surface area (Å²) in [7, 11) is 0. The topological polar surface area (TPSA) is 87.8 Å². The van der Waals surface area contributed by atoms with E-state index in [0.29, 0.717) is 10.9 Å². The molecule has 0 saturated heterocycles. The summed E-state index contributed by atoms with van der Waals surface area (Å²) in [5.41, 5.74) is 0.460. The standard InChI is InChI=1S/C17H18N4O2/c1-11-3-6-14-13(7-11)16(23)21(10-19-14)8-15(22)20-17(2,9-18)12-4-5-12/h3,6-7,10,12H,4-5,8H2,1-2H3,(H,20,22). The second-order valence-electron chi connectivity index (χ2n) is 6.33. The fourth-order valence-electron chi connectivity index (χ4n) is 2.75. The number of amides is 1. The first-order valence-corrected chi connectivity index (χ1v) is 7.61. The maximum Gasteiger partial charge on any atom is 0.261 e. The van der Waals surface area contributed by atoms with Crippen molar-refractivity contribution in [1.29, 1.82) is 5.26 Å². The van der Waals surface area contributed by atoms with Gasteiger partial charge in [-0.1, -0.05) is 11.6 Å². The van der Waals surface area contributed by atoms with Crippen LogP contribution in [0, 0.1) is 24.2 Å². The number of hydrogen-bond acceptors (Lipinski definition) is 4. The number of hydrogen-bond donors (Lipinski definition) is 1. The van der Waals surface area contributed by atoms with Crippen LogP contribution in [0.15, 0.2) is 29.3 Å². The average molecular weight is 310 g/mol. The molecule has 3 rings (SSSR count). The van der Waals surface area contributed by atoms with Crippen molar-refractivity contribution >= 4 is 16.8 Å². The SMILES string of the molecule is Cc1ccc2ncn(CC(=O)NC(C)(C#N)C3CC3)c(=O)c2c1. The Morgan fingerprint density at radius 1 is 1.52 bits per heavy atom. The summed E-state index contributed by atoms with van der Waals surface area (Å²) in [5.74, 6) is -0.151. The van der Waals surface area contributed by atoms with Crippen LogP contribution in [0.1, 0.15) is 25.3 Å². The van der Waals surface area contributed by atoms with Crippen molar-refractivity contribution in [1.82, 2.24) is 14.9 Å². The summed E-state index contributed by atoms with van der Waals surface area (Å²) in [6.45, 7) is 3.49. The molecule has 1 N–H and O–H groups in total. The molecule has 0 radical (unpaired) electrons. The van der Waals surface area contributed by atoms with Crippen LogP contribution < -0.4 is 10.9 Å². The average Bonchev–Trinajstić information content (AvgIpc) is 3.35. The molecule has 1 unspecified atom stereocenters. The lowest BCUT2D eigenvalue weighted by Crippen LogP contribution is -2.48. The van der Waals surface area contributed by atoms with Gasteiger partial charge in [0.25, 0.3) is 5.56 Å². The molecule has 6 heteroatoms. The van der Waals surface area contributed by atoms with E-state index in [-0.39, 0.29) is 23.9 Å². The van der Waals surface area contributed by atoms with Crippen LogP contribution in [0.5, 0.6) is 0 Å². The van der Waals surface area contributed by atoms with Crippen LogP contribution in [0.4, 0.5) is 0 Å². The second-order valence-corrected chi connectivity index (χ2v) is 6.33. The van der Waals surface area contributed by atoms with E-state index in [4.69, 9.17) is 0 Å². The fourth-order valence-corrected chi connectivity index (χ4v) is 2.75. The molecular weight excluding hydrogens is 292 g/mol. The van der Waals surface area contributed by atoms with E-state index in [1.807, 2.05) is 13.0 Å². The molecule has 0 spiro atoms. The molecular formula is C17H18N4O2. The highest BCUT2D eigenvalue weighted by Gasteiger charge is 2.43. The van der Waals surface area contributed by atoms with Gasteiger partial charge in [0.1, 0.15) is 12.1 Å². The number of nitrogens with zero attached hydrogens (tertiary/aromatic N) is 3. The van der Waals surface area contributed by atoms with E-state index in [1.54, 1.807) is 19.1 Å². The van der Waals surface area contributed by atoms with E-state index in [1.165, 1.54) is 10.9 Å². The van der Waals surface area contributed by atoms with E-state index in [0.717, 1.165) is 18.4 Å². The molecule has 118 valence electrons. The highest BCUT2D eigenvalue weighted by Crippen LogP contribution is 2.39. The van der Waals surface area contributed by atoms with Crippen LogP contribution in [0.2, 0.25) is 0 Å². The zero-order valence-electron chi connectivity index (χ0n) is 13.2. The smallest absolute Gasteiger partial charge is 0.261 e. The molecule has 0 aliphatic heterocycles. The largest absolute Gasteiger partial charge is 0.336 e. The molecule has 1 saturated carbocycles. The number of carbonyl (C=O) groups is 1. The van der Waals surface area contributed by atoms with Crippen molar-refractivity contribution in [2.75, 3.05) is 0 Å². The molecule has 1 aliphatic carbocycles. The minimum absolute atomic E-state index is 0.139. The summed E-state index contributed by atoms with van der Waals surface area (Å²) >= 11 is 0. The Morgan fingerprint density at radius 2 is 2.26 bits per heavy atom. The molecule has 1 heterocycles. The van der Waals surface area contributed by atoms with Crippen LogP contribution >= 0.6 is 0 Å². The van der Waals surface area contributed by atoms with Crippen molar-refractivity contribution in [3.63, 3.8) is 0 Å². The maximum atomic E-state index is 12.5. The molecule has 2 aromatic rings. The van der Waals surface area contributed by atoms with Gasteiger partial charge in [-0.15, -0.1) is 0 Å². The lowest BCUT2D eigenvalue weighted by molar-refractivity contribution is -0.123. The summed E-state index contributed by atoms with van der Waals surface area (Å²) in [6, 6.07) is 7.62. The number of benzene rings is 1. The molecule has 23 heavy (non-hydrogen) atoms. The van der Waals surface area contributed by atoms with Crippen LogP contribution in [-0.4, -0.2) is 21.0 Å². The molecule has 6 nitrogen and oxygen atoms in total. The first-order chi connectivity index (χ1) is 10.9. The quantitative estimate of drug-likeness (QED) is 0.927.